The van der Waals surface area contributed by atoms with Crippen LogP contribution in [0.3, 0.4) is 0 Å². The van der Waals surface area contributed by atoms with Crippen LogP contribution in [0, 0.1) is 0 Å². The molecule has 0 aromatic heterocycles. The molecule has 1 rings (SSSR count). The smallest absolute Gasteiger partial charge is 0.410 e. The fourth-order valence-corrected chi connectivity index (χ4v) is 1.46. The maximum atomic E-state index is 11.9. The Bertz CT molecular complexity index is 244. The Morgan fingerprint density at radius 2 is 2.06 bits per heavy atom. The highest BCUT2D eigenvalue weighted by Gasteiger charge is 2.35. The molecule has 0 radical (unpaired) electrons. The number of nitrogens with two attached hydrogens (primary N) is 1. The highest BCUT2D eigenvalue weighted by molar-refractivity contribution is 5.69. The van der Waals surface area contributed by atoms with Crippen molar-refractivity contribution in [2.24, 2.45) is 5.73 Å². The second-order valence-electron chi connectivity index (χ2n) is 5.53. The van der Waals surface area contributed by atoms with E-state index in [1.54, 1.807) is 4.90 Å². The third kappa shape index (κ3) is 4.39. The molecular weight excluding hydrogens is 204 g/mol. The number of ether oxygens (including phenoxy) is 1. The van der Waals surface area contributed by atoms with Crippen molar-refractivity contribution in [3.63, 3.8) is 0 Å². The van der Waals surface area contributed by atoms with Crippen molar-refractivity contribution in [1.29, 1.82) is 0 Å². The molecule has 1 aliphatic rings. The van der Waals surface area contributed by atoms with Gasteiger partial charge >= 0.3 is 6.09 Å². The van der Waals surface area contributed by atoms with Crippen LogP contribution in [0.5, 0.6) is 0 Å². The molecule has 0 heterocycles. The van der Waals surface area contributed by atoms with Crippen LogP contribution in [0.25, 0.3) is 0 Å². The van der Waals surface area contributed by atoms with Crippen LogP contribution in [0.15, 0.2) is 0 Å². The van der Waals surface area contributed by atoms with Crippen LogP contribution >= 0.6 is 0 Å². The highest BCUT2D eigenvalue weighted by Crippen LogP contribution is 2.28. The molecule has 0 bridgehead atoms. The van der Waals surface area contributed by atoms with Gasteiger partial charge in [0.1, 0.15) is 5.60 Å². The fourth-order valence-electron chi connectivity index (χ4n) is 1.46. The summed E-state index contributed by atoms with van der Waals surface area (Å²) in [6, 6.07) is 0.403. The summed E-state index contributed by atoms with van der Waals surface area (Å²) in [4.78, 5) is 13.7. The standard InChI is InChI=1S/C12H24N2O2/c1-5-9(13)8-14(10-6-7-10)11(15)16-12(2,3)4/h9-10H,5-8,13H2,1-4H3. The van der Waals surface area contributed by atoms with Crippen molar-refractivity contribution in [3.05, 3.63) is 0 Å². The molecule has 0 aliphatic heterocycles. The molecule has 2 N–H and O–H groups in total. The van der Waals surface area contributed by atoms with Gasteiger partial charge in [0.2, 0.25) is 0 Å². The maximum absolute atomic E-state index is 11.9. The van der Waals surface area contributed by atoms with E-state index >= 15 is 0 Å². The minimum Gasteiger partial charge on any atom is -0.444 e. The lowest BCUT2D eigenvalue weighted by atomic mass is 10.2. The third-order valence-corrected chi connectivity index (χ3v) is 2.57. The predicted octanol–water partition coefficient (Wildman–Crippen LogP) is 2.12. The summed E-state index contributed by atoms with van der Waals surface area (Å²) in [5.74, 6) is 0. The number of rotatable bonds is 4. The van der Waals surface area contributed by atoms with E-state index in [-0.39, 0.29) is 12.1 Å². The van der Waals surface area contributed by atoms with Crippen LogP contribution in [0.2, 0.25) is 0 Å². The topological polar surface area (TPSA) is 55.6 Å². The average molecular weight is 228 g/mol. The fraction of sp³-hybridized carbons (Fsp3) is 0.917. The summed E-state index contributed by atoms with van der Waals surface area (Å²) >= 11 is 0. The normalized spacial score (nSPS) is 18.1. The Morgan fingerprint density at radius 1 is 1.50 bits per heavy atom. The second kappa shape index (κ2) is 5.04. The first kappa shape index (κ1) is 13.3. The van der Waals surface area contributed by atoms with Crippen molar-refractivity contribution in [2.45, 2.75) is 64.6 Å². The highest BCUT2D eigenvalue weighted by atomic mass is 16.6. The molecule has 16 heavy (non-hydrogen) atoms. The van der Waals surface area contributed by atoms with E-state index in [0.717, 1.165) is 19.3 Å². The van der Waals surface area contributed by atoms with Crippen molar-refractivity contribution >= 4 is 6.09 Å². The molecule has 1 fully saturated rings. The molecule has 0 spiro atoms. The van der Waals surface area contributed by atoms with Crippen LogP contribution in [0.1, 0.15) is 47.0 Å². The summed E-state index contributed by atoms with van der Waals surface area (Å²) in [7, 11) is 0. The monoisotopic (exact) mass is 228 g/mol. The number of carbonyl (C=O) groups is 1. The van der Waals surface area contributed by atoms with Gasteiger partial charge in [-0.25, -0.2) is 4.79 Å². The zero-order valence-corrected chi connectivity index (χ0v) is 10.8. The summed E-state index contributed by atoms with van der Waals surface area (Å²) in [5.41, 5.74) is 5.46. The number of carbonyl (C=O) groups excluding carboxylic acids is 1. The lowest BCUT2D eigenvalue weighted by molar-refractivity contribution is 0.0221. The van der Waals surface area contributed by atoms with E-state index in [4.69, 9.17) is 10.5 Å². The van der Waals surface area contributed by atoms with Gasteiger partial charge in [-0.1, -0.05) is 6.92 Å². The van der Waals surface area contributed by atoms with Crippen LogP contribution in [-0.2, 0) is 4.74 Å². The van der Waals surface area contributed by atoms with Crippen molar-refractivity contribution in [3.8, 4) is 0 Å². The summed E-state index contributed by atoms with van der Waals surface area (Å²) in [5, 5.41) is 0. The molecule has 1 atom stereocenters. The number of hydrogen-bond acceptors (Lipinski definition) is 3. The molecular formula is C12H24N2O2. The zero-order chi connectivity index (χ0) is 12.3. The van der Waals surface area contributed by atoms with Crippen molar-refractivity contribution in [1.82, 2.24) is 4.90 Å². The molecule has 1 unspecified atom stereocenters. The van der Waals surface area contributed by atoms with E-state index in [9.17, 15) is 4.79 Å². The Kier molecular flexibility index (Phi) is 4.19. The largest absolute Gasteiger partial charge is 0.444 e. The van der Waals surface area contributed by atoms with Crippen LogP contribution in [0.4, 0.5) is 4.79 Å². The summed E-state index contributed by atoms with van der Waals surface area (Å²) in [6.45, 7) is 8.29. The molecule has 0 saturated heterocycles. The molecule has 1 aliphatic carbocycles. The van der Waals surface area contributed by atoms with E-state index < -0.39 is 5.60 Å². The predicted molar refractivity (Wildman–Crippen MR) is 64.2 cm³/mol. The van der Waals surface area contributed by atoms with E-state index in [2.05, 4.69) is 0 Å². The number of hydrogen-bond donors (Lipinski definition) is 1. The van der Waals surface area contributed by atoms with Gasteiger partial charge in [0.15, 0.2) is 0 Å². The Balaban J connectivity index is 2.52. The number of nitrogens with zero attached hydrogens (tertiary/aromatic N) is 1. The van der Waals surface area contributed by atoms with Gasteiger partial charge in [0.25, 0.3) is 0 Å². The van der Waals surface area contributed by atoms with Gasteiger partial charge in [0.05, 0.1) is 0 Å². The first-order chi connectivity index (χ1) is 7.33. The Labute approximate surface area is 98.1 Å². The van der Waals surface area contributed by atoms with Gasteiger partial charge in [-0.3, -0.25) is 0 Å². The second-order valence-corrected chi connectivity index (χ2v) is 5.53. The van der Waals surface area contributed by atoms with Crippen molar-refractivity contribution < 1.29 is 9.53 Å². The molecule has 0 aromatic carbocycles. The van der Waals surface area contributed by atoms with Gasteiger partial charge < -0.3 is 15.4 Å². The van der Waals surface area contributed by atoms with Gasteiger partial charge in [-0.2, -0.15) is 0 Å². The number of amides is 1. The maximum Gasteiger partial charge on any atom is 0.410 e. The Morgan fingerprint density at radius 3 is 2.44 bits per heavy atom. The summed E-state index contributed by atoms with van der Waals surface area (Å²) in [6.07, 6.45) is 2.82. The lowest BCUT2D eigenvalue weighted by Crippen LogP contribution is -2.44. The molecule has 94 valence electrons. The van der Waals surface area contributed by atoms with Crippen LogP contribution in [-0.4, -0.2) is 35.2 Å². The summed E-state index contributed by atoms with van der Waals surface area (Å²) < 4.78 is 5.38. The molecule has 1 amide bonds. The molecule has 4 nitrogen and oxygen atoms in total. The third-order valence-electron chi connectivity index (χ3n) is 2.57. The zero-order valence-electron chi connectivity index (χ0n) is 10.8. The van der Waals surface area contributed by atoms with E-state index in [1.165, 1.54) is 0 Å². The first-order valence-electron chi connectivity index (χ1n) is 6.08. The Hall–Kier alpha value is -0.770. The van der Waals surface area contributed by atoms with Crippen LogP contribution < -0.4 is 5.73 Å². The first-order valence-corrected chi connectivity index (χ1v) is 6.08. The van der Waals surface area contributed by atoms with Crippen molar-refractivity contribution in [2.75, 3.05) is 6.54 Å². The molecule has 1 saturated carbocycles. The van der Waals surface area contributed by atoms with Gasteiger partial charge in [-0.15, -0.1) is 0 Å². The average Bonchev–Trinajstić information content (AvgIpc) is 2.93. The van der Waals surface area contributed by atoms with E-state index in [0.29, 0.717) is 12.6 Å². The molecule has 4 heteroatoms. The van der Waals surface area contributed by atoms with Gasteiger partial charge in [0, 0.05) is 18.6 Å². The molecule has 0 aromatic rings. The SMILES string of the molecule is CCC(N)CN(C(=O)OC(C)(C)C)C1CC1. The lowest BCUT2D eigenvalue weighted by Gasteiger charge is -2.29. The van der Waals surface area contributed by atoms with E-state index in [1.807, 2.05) is 27.7 Å². The minimum atomic E-state index is -0.430. The minimum absolute atomic E-state index is 0.0492. The van der Waals surface area contributed by atoms with Gasteiger partial charge in [-0.05, 0) is 40.0 Å². The quantitative estimate of drug-likeness (QED) is 0.802.